The van der Waals surface area contributed by atoms with Gasteiger partial charge in [-0.1, -0.05) is 0 Å². The Labute approximate surface area is 59.9 Å². The number of hydrogen-bond acceptors (Lipinski definition) is 2. The van der Waals surface area contributed by atoms with E-state index in [4.69, 9.17) is 4.74 Å². The van der Waals surface area contributed by atoms with E-state index in [-0.39, 0.29) is 0 Å². The predicted octanol–water partition coefficient (Wildman–Crippen LogP) is 1.22. The zero-order chi connectivity index (χ0) is 6.81. The van der Waals surface area contributed by atoms with Gasteiger partial charge in [0.05, 0.1) is 12.3 Å². The van der Waals surface area contributed by atoms with E-state index in [2.05, 4.69) is 11.4 Å². The van der Waals surface area contributed by atoms with Crippen molar-refractivity contribution in [2.24, 2.45) is 0 Å². The van der Waals surface area contributed by atoms with Crippen LogP contribution in [0.4, 0.5) is 0 Å². The first-order valence-electron chi connectivity index (χ1n) is 3.35. The summed E-state index contributed by atoms with van der Waals surface area (Å²) < 4.78 is 5.31. The van der Waals surface area contributed by atoms with Crippen LogP contribution in [0, 0.1) is 6.42 Å². The first-order chi connectivity index (χ1) is 4.97. The molecular weight excluding hydrogens is 126 g/mol. The summed E-state index contributed by atoms with van der Waals surface area (Å²) in [5, 5.41) is 0. The molecule has 51 valence electrons. The Morgan fingerprint density at radius 2 is 2.50 bits per heavy atom. The maximum Gasteiger partial charge on any atom is 0.140 e. The van der Waals surface area contributed by atoms with Gasteiger partial charge in [0.1, 0.15) is 5.75 Å². The summed E-state index contributed by atoms with van der Waals surface area (Å²) in [6, 6.07) is 3.85. The second-order valence-corrected chi connectivity index (χ2v) is 2.25. The molecule has 2 heteroatoms. The summed E-state index contributed by atoms with van der Waals surface area (Å²) in [6.07, 6.45) is 4.81. The number of rotatable bonds is 0. The highest BCUT2D eigenvalue weighted by molar-refractivity contribution is 5.29. The third-order valence-corrected chi connectivity index (χ3v) is 1.54. The summed E-state index contributed by atoms with van der Waals surface area (Å²) in [5.41, 5.74) is 1.05. The molecule has 0 saturated carbocycles. The summed E-state index contributed by atoms with van der Waals surface area (Å²) in [7, 11) is 0. The van der Waals surface area contributed by atoms with Gasteiger partial charge >= 0.3 is 0 Å². The van der Waals surface area contributed by atoms with Crippen molar-refractivity contribution in [2.45, 2.75) is 6.42 Å². The molecule has 1 aromatic heterocycles. The molecule has 0 saturated heterocycles. The highest BCUT2D eigenvalue weighted by Gasteiger charge is 2.08. The Bertz CT molecular complexity index is 209. The van der Waals surface area contributed by atoms with Crippen molar-refractivity contribution in [3.05, 3.63) is 30.4 Å². The van der Waals surface area contributed by atoms with Gasteiger partial charge in [0.2, 0.25) is 0 Å². The lowest BCUT2D eigenvalue weighted by Gasteiger charge is -2.14. The Kier molecular flexibility index (Phi) is 1.31. The van der Waals surface area contributed by atoms with Crippen molar-refractivity contribution < 1.29 is 4.74 Å². The molecule has 0 aromatic carbocycles. The maximum absolute atomic E-state index is 5.31. The van der Waals surface area contributed by atoms with Crippen LogP contribution in [-0.4, -0.2) is 11.6 Å². The standard InChI is InChI=1S/C8H8NO/c1-4-8-7(9-5-1)3-2-6-10-8/h1-2,4-5H,3,6H2. The zero-order valence-electron chi connectivity index (χ0n) is 5.58. The van der Waals surface area contributed by atoms with Crippen molar-refractivity contribution in [3.8, 4) is 5.75 Å². The predicted molar refractivity (Wildman–Crippen MR) is 37.7 cm³/mol. The van der Waals surface area contributed by atoms with Gasteiger partial charge in [-0.25, -0.2) is 0 Å². The molecule has 0 atom stereocenters. The summed E-state index contributed by atoms with van der Waals surface area (Å²) >= 11 is 0. The zero-order valence-corrected chi connectivity index (χ0v) is 5.58. The van der Waals surface area contributed by atoms with E-state index < -0.39 is 0 Å². The Hall–Kier alpha value is -1.05. The lowest BCUT2D eigenvalue weighted by molar-refractivity contribution is 0.325. The Balaban J connectivity index is 2.41. The van der Waals surface area contributed by atoms with E-state index in [0.29, 0.717) is 0 Å². The second kappa shape index (κ2) is 2.29. The van der Waals surface area contributed by atoms with Gasteiger partial charge in [0, 0.05) is 12.6 Å². The largest absolute Gasteiger partial charge is 0.491 e. The molecule has 1 aliphatic heterocycles. The van der Waals surface area contributed by atoms with E-state index in [9.17, 15) is 0 Å². The minimum absolute atomic E-state index is 0.721. The smallest absolute Gasteiger partial charge is 0.140 e. The number of ether oxygens (including phenoxy) is 1. The van der Waals surface area contributed by atoms with Gasteiger partial charge < -0.3 is 4.74 Å². The summed E-state index contributed by atoms with van der Waals surface area (Å²) in [6.45, 7) is 0.721. The molecule has 10 heavy (non-hydrogen) atoms. The van der Waals surface area contributed by atoms with Crippen LogP contribution in [-0.2, 0) is 6.42 Å². The monoisotopic (exact) mass is 134 g/mol. The lowest BCUT2D eigenvalue weighted by atomic mass is 10.2. The van der Waals surface area contributed by atoms with Crippen molar-refractivity contribution in [1.82, 2.24) is 4.98 Å². The molecule has 0 spiro atoms. The minimum atomic E-state index is 0.721. The van der Waals surface area contributed by atoms with E-state index in [0.717, 1.165) is 24.5 Å². The molecule has 2 rings (SSSR count). The average Bonchev–Trinajstić information content (AvgIpc) is 2.05. The summed E-state index contributed by atoms with van der Waals surface area (Å²) in [4.78, 5) is 4.16. The molecule has 1 radical (unpaired) electrons. The Morgan fingerprint density at radius 1 is 1.50 bits per heavy atom. The molecule has 1 aromatic rings. The van der Waals surface area contributed by atoms with Crippen LogP contribution in [0.2, 0.25) is 0 Å². The number of hydrogen-bond donors (Lipinski definition) is 0. The van der Waals surface area contributed by atoms with Crippen LogP contribution < -0.4 is 4.74 Å². The van der Waals surface area contributed by atoms with E-state index in [1.165, 1.54) is 0 Å². The minimum Gasteiger partial charge on any atom is -0.491 e. The van der Waals surface area contributed by atoms with Crippen LogP contribution >= 0.6 is 0 Å². The highest BCUT2D eigenvalue weighted by Crippen LogP contribution is 2.20. The van der Waals surface area contributed by atoms with Gasteiger partial charge in [0.15, 0.2) is 0 Å². The number of fused-ring (bicyclic) bond motifs is 1. The number of aromatic nitrogens is 1. The van der Waals surface area contributed by atoms with Crippen molar-refractivity contribution in [1.29, 1.82) is 0 Å². The van der Waals surface area contributed by atoms with Crippen LogP contribution in [0.5, 0.6) is 5.75 Å². The van der Waals surface area contributed by atoms with E-state index in [1.54, 1.807) is 6.20 Å². The van der Waals surface area contributed by atoms with Gasteiger partial charge in [0.25, 0.3) is 0 Å². The number of nitrogens with zero attached hydrogens (tertiary/aromatic N) is 1. The third-order valence-electron chi connectivity index (χ3n) is 1.54. The first kappa shape index (κ1) is 5.71. The fourth-order valence-corrected chi connectivity index (χ4v) is 1.05. The molecule has 0 fully saturated rings. The topological polar surface area (TPSA) is 22.1 Å². The van der Waals surface area contributed by atoms with Gasteiger partial charge in [-0.15, -0.1) is 0 Å². The van der Waals surface area contributed by atoms with Crippen LogP contribution in [0.25, 0.3) is 0 Å². The number of pyridine rings is 1. The molecule has 0 unspecified atom stereocenters. The molecule has 0 N–H and O–H groups in total. The Morgan fingerprint density at radius 3 is 3.40 bits per heavy atom. The third kappa shape index (κ3) is 0.856. The highest BCUT2D eigenvalue weighted by atomic mass is 16.5. The van der Waals surface area contributed by atoms with Gasteiger partial charge in [-0.2, -0.15) is 0 Å². The van der Waals surface area contributed by atoms with Crippen molar-refractivity contribution in [3.63, 3.8) is 0 Å². The molecule has 0 amide bonds. The summed E-state index contributed by atoms with van der Waals surface area (Å²) in [5.74, 6) is 0.935. The molecular formula is C8H8NO. The van der Waals surface area contributed by atoms with Crippen LogP contribution in [0.3, 0.4) is 0 Å². The molecule has 0 aliphatic carbocycles. The first-order valence-corrected chi connectivity index (χ1v) is 3.35. The fraction of sp³-hybridized carbons (Fsp3) is 0.250. The van der Waals surface area contributed by atoms with Crippen molar-refractivity contribution >= 4 is 0 Å². The fourth-order valence-electron chi connectivity index (χ4n) is 1.05. The van der Waals surface area contributed by atoms with Crippen molar-refractivity contribution in [2.75, 3.05) is 6.61 Å². The lowest BCUT2D eigenvalue weighted by Crippen LogP contribution is -2.09. The molecule has 1 aliphatic rings. The molecule has 0 bridgehead atoms. The second-order valence-electron chi connectivity index (χ2n) is 2.25. The normalized spacial score (nSPS) is 15.6. The van der Waals surface area contributed by atoms with Crippen LogP contribution in [0.1, 0.15) is 5.69 Å². The van der Waals surface area contributed by atoms with Crippen LogP contribution in [0.15, 0.2) is 18.3 Å². The maximum atomic E-state index is 5.31. The van der Waals surface area contributed by atoms with Gasteiger partial charge in [-0.05, 0) is 18.6 Å². The average molecular weight is 134 g/mol. The molecule has 2 nitrogen and oxygen atoms in total. The van der Waals surface area contributed by atoms with Gasteiger partial charge in [-0.3, -0.25) is 4.98 Å². The quantitative estimate of drug-likeness (QED) is 0.532. The van der Waals surface area contributed by atoms with E-state index >= 15 is 0 Å². The SMILES string of the molecule is [CH]1COc2cccnc2C1. The molecule has 2 heterocycles. The van der Waals surface area contributed by atoms with E-state index in [1.807, 2.05) is 12.1 Å².